The fourth-order valence-corrected chi connectivity index (χ4v) is 5.57. The molecule has 8 nitrogen and oxygen atoms in total. The molecule has 2 saturated heterocycles. The van der Waals surface area contributed by atoms with Crippen molar-refractivity contribution in [3.8, 4) is 0 Å². The van der Waals surface area contributed by atoms with Crippen molar-refractivity contribution in [1.82, 2.24) is 24.6 Å². The molecular weight excluding hydrogens is 473 g/mol. The van der Waals surface area contributed by atoms with Gasteiger partial charge in [0.2, 0.25) is 5.95 Å². The number of aliphatic hydroxyl groups is 1. The maximum absolute atomic E-state index is 15.4. The minimum Gasteiger partial charge on any atom is -0.389 e. The van der Waals surface area contributed by atoms with E-state index in [4.69, 9.17) is 4.74 Å². The van der Waals surface area contributed by atoms with E-state index >= 15 is 4.39 Å². The van der Waals surface area contributed by atoms with Crippen LogP contribution in [0.2, 0.25) is 0 Å². The molecular formula is C25H29F3N6O2. The Bertz CT molecular complexity index is 1300. The highest BCUT2D eigenvalue weighted by Gasteiger charge is 2.59. The predicted molar refractivity (Wildman–Crippen MR) is 128 cm³/mol. The van der Waals surface area contributed by atoms with E-state index in [-0.39, 0.29) is 24.9 Å². The number of rotatable bonds is 5. The van der Waals surface area contributed by atoms with Gasteiger partial charge in [-0.15, -0.1) is 0 Å². The Kier molecular flexibility index (Phi) is 5.69. The van der Waals surface area contributed by atoms with Crippen LogP contribution >= 0.6 is 0 Å². The van der Waals surface area contributed by atoms with Crippen molar-refractivity contribution < 1.29 is 23.0 Å². The molecule has 2 N–H and O–H groups in total. The zero-order valence-electron chi connectivity index (χ0n) is 20.2. The standard InChI is InChI=1S/C25H29F3N6O2/c1-13-5-15-8-29-24(32-20-9-30-34(14(20)2)23-7-25(23,27)28)31-19(15)6-17(13)16-3-4-33(10-18(16)26)21-11-36-12-22(21)35/h5-6,8-9,16,18,21-23,35H,3-4,7,10-12H2,1-2H3,(H,29,31,32)/t16?,18?,21-,22?,23?/m1/s1. The number of aromatic nitrogens is 4. The summed E-state index contributed by atoms with van der Waals surface area (Å²) in [6.07, 6.45) is 2.00. The topological polar surface area (TPSA) is 88.3 Å². The zero-order chi connectivity index (χ0) is 25.2. The molecule has 3 fully saturated rings. The van der Waals surface area contributed by atoms with Crippen LogP contribution in [0.5, 0.6) is 0 Å². The van der Waals surface area contributed by atoms with E-state index < -0.39 is 24.2 Å². The van der Waals surface area contributed by atoms with E-state index in [1.54, 1.807) is 13.1 Å². The summed E-state index contributed by atoms with van der Waals surface area (Å²) in [5.74, 6) is -2.65. The van der Waals surface area contributed by atoms with Gasteiger partial charge in [0, 0.05) is 30.5 Å². The number of anilines is 2. The second-order valence-electron chi connectivity index (χ2n) is 10.2. The van der Waals surface area contributed by atoms with E-state index in [0.717, 1.165) is 16.5 Å². The lowest BCUT2D eigenvalue weighted by atomic mass is 9.84. The molecule has 4 unspecified atom stereocenters. The van der Waals surface area contributed by atoms with Crippen LogP contribution < -0.4 is 5.32 Å². The average Bonchev–Trinajstić information content (AvgIpc) is 3.12. The fourth-order valence-electron chi connectivity index (χ4n) is 5.57. The molecule has 0 amide bonds. The number of aryl methyl sites for hydroxylation is 1. The van der Waals surface area contributed by atoms with E-state index in [1.807, 2.05) is 24.0 Å². The molecule has 0 radical (unpaired) electrons. The second kappa shape index (κ2) is 8.67. The number of piperidine rings is 1. The normalized spacial score (nSPS) is 30.1. The number of halogens is 3. The molecule has 6 rings (SSSR count). The summed E-state index contributed by atoms with van der Waals surface area (Å²) in [6.45, 7) is 5.38. The minimum absolute atomic E-state index is 0.151. The lowest BCUT2D eigenvalue weighted by molar-refractivity contribution is 0.0352. The monoisotopic (exact) mass is 502 g/mol. The molecule has 1 aromatic carbocycles. The van der Waals surface area contributed by atoms with E-state index in [9.17, 15) is 13.9 Å². The summed E-state index contributed by atoms with van der Waals surface area (Å²) in [6, 6.07) is 2.85. The largest absolute Gasteiger partial charge is 0.389 e. The van der Waals surface area contributed by atoms with Crippen molar-refractivity contribution in [2.45, 2.75) is 62.9 Å². The molecule has 0 bridgehead atoms. The number of benzene rings is 1. The number of nitrogens with zero attached hydrogens (tertiary/aromatic N) is 5. The first kappa shape index (κ1) is 23.6. The van der Waals surface area contributed by atoms with Gasteiger partial charge in [-0.25, -0.2) is 23.1 Å². The third-order valence-corrected chi connectivity index (χ3v) is 7.81. The molecule has 0 spiro atoms. The molecule has 1 aliphatic carbocycles. The summed E-state index contributed by atoms with van der Waals surface area (Å²) in [5, 5.41) is 18.2. The van der Waals surface area contributed by atoms with Crippen LogP contribution in [0.15, 0.2) is 24.5 Å². The van der Waals surface area contributed by atoms with Gasteiger partial charge in [0.05, 0.1) is 48.5 Å². The van der Waals surface area contributed by atoms with Crippen LogP contribution in [-0.4, -0.2) is 80.3 Å². The highest BCUT2D eigenvalue weighted by molar-refractivity contribution is 5.81. The molecule has 2 aromatic heterocycles. The van der Waals surface area contributed by atoms with Gasteiger partial charge in [0.15, 0.2) is 0 Å². The maximum Gasteiger partial charge on any atom is 0.272 e. The molecule has 3 aliphatic rings. The summed E-state index contributed by atoms with van der Waals surface area (Å²) >= 11 is 0. The van der Waals surface area contributed by atoms with Crippen molar-refractivity contribution in [3.63, 3.8) is 0 Å². The van der Waals surface area contributed by atoms with E-state index in [2.05, 4.69) is 20.4 Å². The molecule has 11 heteroatoms. The molecule has 2 aliphatic heterocycles. The Morgan fingerprint density at radius 3 is 2.69 bits per heavy atom. The van der Waals surface area contributed by atoms with Crippen LogP contribution in [-0.2, 0) is 4.74 Å². The van der Waals surface area contributed by atoms with E-state index in [1.165, 1.54) is 10.9 Å². The van der Waals surface area contributed by atoms with Gasteiger partial charge in [0.1, 0.15) is 12.2 Å². The number of ether oxygens (including phenoxy) is 1. The van der Waals surface area contributed by atoms with E-state index in [0.29, 0.717) is 49.0 Å². The van der Waals surface area contributed by atoms with Crippen molar-refractivity contribution in [2.75, 3.05) is 31.6 Å². The number of hydrogen-bond donors (Lipinski definition) is 2. The Hall–Kier alpha value is -2.76. The first-order valence-electron chi connectivity index (χ1n) is 12.3. The first-order chi connectivity index (χ1) is 17.2. The van der Waals surface area contributed by atoms with Gasteiger partial charge in [-0.3, -0.25) is 9.58 Å². The lowest BCUT2D eigenvalue weighted by Crippen LogP contribution is -2.50. The smallest absolute Gasteiger partial charge is 0.272 e. The molecule has 3 aromatic rings. The Morgan fingerprint density at radius 2 is 2.00 bits per heavy atom. The van der Waals surface area contributed by atoms with Crippen LogP contribution in [0.1, 0.15) is 41.6 Å². The van der Waals surface area contributed by atoms with Crippen LogP contribution in [0.25, 0.3) is 10.9 Å². The zero-order valence-corrected chi connectivity index (χ0v) is 20.2. The van der Waals surface area contributed by atoms with Gasteiger partial charge >= 0.3 is 0 Å². The molecule has 4 heterocycles. The number of alkyl halides is 3. The number of fused-ring (bicyclic) bond motifs is 1. The number of aliphatic hydroxyl groups excluding tert-OH is 1. The Labute approximate surface area is 206 Å². The quantitative estimate of drug-likeness (QED) is 0.551. The highest BCUT2D eigenvalue weighted by atomic mass is 19.3. The van der Waals surface area contributed by atoms with Crippen molar-refractivity contribution in [2.24, 2.45) is 0 Å². The van der Waals surface area contributed by atoms with Crippen molar-refractivity contribution >= 4 is 22.5 Å². The van der Waals surface area contributed by atoms with Gasteiger partial charge < -0.3 is 15.2 Å². The van der Waals surface area contributed by atoms with Crippen LogP contribution in [0.4, 0.5) is 24.8 Å². The van der Waals surface area contributed by atoms with Gasteiger partial charge in [-0.05, 0) is 50.1 Å². The minimum atomic E-state index is -2.71. The number of hydrogen-bond acceptors (Lipinski definition) is 7. The van der Waals surface area contributed by atoms with Crippen LogP contribution in [0.3, 0.4) is 0 Å². The summed E-state index contributed by atoms with van der Waals surface area (Å²) < 4.78 is 49.1. The highest BCUT2D eigenvalue weighted by Crippen LogP contribution is 2.53. The van der Waals surface area contributed by atoms with Crippen molar-refractivity contribution in [3.05, 3.63) is 41.3 Å². The average molecular weight is 503 g/mol. The molecule has 1 saturated carbocycles. The molecule has 5 atom stereocenters. The Morgan fingerprint density at radius 1 is 1.19 bits per heavy atom. The second-order valence-corrected chi connectivity index (χ2v) is 10.2. The molecule has 192 valence electrons. The fraction of sp³-hybridized carbons (Fsp3) is 0.560. The number of nitrogens with one attached hydrogen (secondary N) is 1. The maximum atomic E-state index is 15.4. The third kappa shape index (κ3) is 4.12. The first-order valence-corrected chi connectivity index (χ1v) is 12.3. The van der Waals surface area contributed by atoms with Crippen molar-refractivity contribution in [1.29, 1.82) is 0 Å². The predicted octanol–water partition coefficient (Wildman–Crippen LogP) is 3.65. The summed E-state index contributed by atoms with van der Waals surface area (Å²) in [7, 11) is 0. The van der Waals surface area contributed by atoms with Gasteiger partial charge in [-0.2, -0.15) is 5.10 Å². The summed E-state index contributed by atoms with van der Waals surface area (Å²) in [5.41, 5.74) is 3.75. The third-order valence-electron chi connectivity index (χ3n) is 7.81. The number of likely N-dealkylation sites (tertiary alicyclic amines) is 1. The van der Waals surface area contributed by atoms with Crippen LogP contribution in [0, 0.1) is 13.8 Å². The summed E-state index contributed by atoms with van der Waals surface area (Å²) in [4.78, 5) is 11.0. The lowest BCUT2D eigenvalue weighted by Gasteiger charge is -2.39. The van der Waals surface area contributed by atoms with Gasteiger partial charge in [0.25, 0.3) is 5.92 Å². The van der Waals surface area contributed by atoms with Gasteiger partial charge in [-0.1, -0.05) is 0 Å². The Balaban J connectivity index is 1.22. The SMILES string of the molecule is Cc1cc2cnc(Nc3cnn(C4CC4(F)F)c3C)nc2cc1C1CCN([C@@H]2COCC2O)CC1F. The molecule has 36 heavy (non-hydrogen) atoms.